The zero-order valence-corrected chi connectivity index (χ0v) is 14.4. The Kier molecular flexibility index (Phi) is 7.01. The molecule has 0 aromatic heterocycles. The summed E-state index contributed by atoms with van der Waals surface area (Å²) < 4.78 is 5.14. The molecular formula is C19H23NO2S. The molecule has 0 unspecified atom stereocenters. The van der Waals surface area contributed by atoms with Gasteiger partial charge in [0.25, 0.3) is 0 Å². The second-order valence-corrected chi connectivity index (χ2v) is 6.73. The fourth-order valence-electron chi connectivity index (χ4n) is 2.20. The molecule has 0 aliphatic carbocycles. The quantitative estimate of drug-likeness (QED) is 0.589. The van der Waals surface area contributed by atoms with E-state index in [0.29, 0.717) is 6.54 Å². The van der Waals surface area contributed by atoms with Gasteiger partial charge >= 0.3 is 0 Å². The van der Waals surface area contributed by atoms with Crippen LogP contribution in [0.2, 0.25) is 0 Å². The summed E-state index contributed by atoms with van der Waals surface area (Å²) in [5, 5.41) is 2.93. The van der Waals surface area contributed by atoms with Crippen LogP contribution >= 0.6 is 11.8 Å². The first-order chi connectivity index (χ1) is 11.2. The Bertz CT molecular complexity index is 599. The van der Waals surface area contributed by atoms with Crippen LogP contribution in [0.4, 0.5) is 0 Å². The summed E-state index contributed by atoms with van der Waals surface area (Å²) in [6.45, 7) is 2.64. The minimum atomic E-state index is -0.0848. The van der Waals surface area contributed by atoms with Gasteiger partial charge in [0.05, 0.1) is 12.4 Å². The molecule has 0 spiro atoms. The molecule has 122 valence electrons. The number of ether oxygens (including phenoxy) is 1. The number of methoxy groups -OCH3 is 1. The monoisotopic (exact) mass is 329 g/mol. The molecule has 0 heterocycles. The highest BCUT2D eigenvalue weighted by Crippen LogP contribution is 2.22. The normalized spacial score (nSPS) is 11.7. The van der Waals surface area contributed by atoms with E-state index in [0.717, 1.165) is 23.5 Å². The van der Waals surface area contributed by atoms with E-state index in [9.17, 15) is 4.79 Å². The Labute approximate surface area is 142 Å². The Morgan fingerprint density at radius 3 is 2.48 bits per heavy atom. The lowest BCUT2D eigenvalue weighted by Crippen LogP contribution is -2.31. The summed E-state index contributed by atoms with van der Waals surface area (Å²) in [5.41, 5.74) is 1.26. The SMILES string of the molecule is COc1ccc(CCCNC(=O)[C@@H](C)Sc2ccccc2)cc1. The first kappa shape index (κ1) is 17.4. The molecule has 1 N–H and O–H groups in total. The van der Waals surface area contributed by atoms with E-state index in [1.54, 1.807) is 18.9 Å². The number of rotatable bonds is 8. The maximum absolute atomic E-state index is 12.1. The number of carbonyl (C=O) groups is 1. The van der Waals surface area contributed by atoms with Crippen molar-refractivity contribution in [2.24, 2.45) is 0 Å². The Morgan fingerprint density at radius 2 is 1.83 bits per heavy atom. The van der Waals surface area contributed by atoms with Gasteiger partial charge in [-0.15, -0.1) is 11.8 Å². The predicted molar refractivity (Wildman–Crippen MR) is 96.1 cm³/mol. The molecule has 1 amide bonds. The number of thioether (sulfide) groups is 1. The fraction of sp³-hybridized carbons (Fsp3) is 0.316. The van der Waals surface area contributed by atoms with Gasteiger partial charge in [0.1, 0.15) is 5.75 Å². The van der Waals surface area contributed by atoms with E-state index < -0.39 is 0 Å². The minimum absolute atomic E-state index is 0.0848. The van der Waals surface area contributed by atoms with E-state index in [1.807, 2.05) is 49.4 Å². The second kappa shape index (κ2) is 9.26. The highest BCUT2D eigenvalue weighted by Gasteiger charge is 2.13. The third-order valence-electron chi connectivity index (χ3n) is 3.53. The van der Waals surface area contributed by atoms with Crippen LogP contribution in [-0.2, 0) is 11.2 Å². The molecule has 0 aliphatic rings. The highest BCUT2D eigenvalue weighted by molar-refractivity contribution is 8.00. The van der Waals surface area contributed by atoms with Crippen molar-refractivity contribution in [2.45, 2.75) is 29.9 Å². The molecule has 3 nitrogen and oxygen atoms in total. The highest BCUT2D eigenvalue weighted by atomic mass is 32.2. The third-order valence-corrected chi connectivity index (χ3v) is 4.64. The molecule has 2 aromatic carbocycles. The molecular weight excluding hydrogens is 306 g/mol. The van der Waals surface area contributed by atoms with Gasteiger partial charge in [-0.2, -0.15) is 0 Å². The van der Waals surface area contributed by atoms with Gasteiger partial charge in [-0.1, -0.05) is 30.3 Å². The minimum Gasteiger partial charge on any atom is -0.497 e. The van der Waals surface area contributed by atoms with Crippen molar-refractivity contribution in [3.63, 3.8) is 0 Å². The van der Waals surface area contributed by atoms with Gasteiger partial charge in [-0.25, -0.2) is 0 Å². The Morgan fingerprint density at radius 1 is 1.13 bits per heavy atom. The van der Waals surface area contributed by atoms with Gasteiger partial charge < -0.3 is 10.1 Å². The second-order valence-electron chi connectivity index (χ2n) is 5.32. The maximum atomic E-state index is 12.1. The van der Waals surface area contributed by atoms with E-state index >= 15 is 0 Å². The van der Waals surface area contributed by atoms with Crippen molar-refractivity contribution in [1.82, 2.24) is 5.32 Å². The van der Waals surface area contributed by atoms with Crippen LogP contribution in [0.5, 0.6) is 5.75 Å². The zero-order valence-electron chi connectivity index (χ0n) is 13.6. The molecule has 23 heavy (non-hydrogen) atoms. The molecule has 4 heteroatoms. The fourth-order valence-corrected chi connectivity index (χ4v) is 3.11. The van der Waals surface area contributed by atoms with Gasteiger partial charge in [0.2, 0.25) is 5.91 Å². The Balaban J connectivity index is 1.67. The van der Waals surface area contributed by atoms with Crippen LogP contribution in [0.3, 0.4) is 0 Å². The van der Waals surface area contributed by atoms with Crippen LogP contribution in [-0.4, -0.2) is 24.8 Å². The number of aryl methyl sites for hydroxylation is 1. The number of amides is 1. The zero-order chi connectivity index (χ0) is 16.5. The predicted octanol–water partition coefficient (Wildman–Crippen LogP) is 3.92. The molecule has 2 aromatic rings. The molecule has 0 saturated heterocycles. The van der Waals surface area contributed by atoms with Crippen LogP contribution in [0.1, 0.15) is 18.9 Å². The van der Waals surface area contributed by atoms with Crippen molar-refractivity contribution in [3.05, 3.63) is 60.2 Å². The molecule has 1 atom stereocenters. The van der Waals surface area contributed by atoms with Crippen molar-refractivity contribution in [2.75, 3.05) is 13.7 Å². The number of carbonyl (C=O) groups excluding carboxylic acids is 1. The maximum Gasteiger partial charge on any atom is 0.233 e. The summed E-state index contributed by atoms with van der Waals surface area (Å²) in [5.74, 6) is 0.961. The smallest absolute Gasteiger partial charge is 0.233 e. The number of hydrogen-bond acceptors (Lipinski definition) is 3. The Hall–Kier alpha value is -1.94. The average Bonchev–Trinajstić information content (AvgIpc) is 2.60. The lowest BCUT2D eigenvalue weighted by molar-refractivity contribution is -0.120. The van der Waals surface area contributed by atoms with Crippen LogP contribution < -0.4 is 10.1 Å². The topological polar surface area (TPSA) is 38.3 Å². The van der Waals surface area contributed by atoms with Crippen molar-refractivity contribution < 1.29 is 9.53 Å². The van der Waals surface area contributed by atoms with E-state index in [4.69, 9.17) is 4.74 Å². The summed E-state index contributed by atoms with van der Waals surface area (Å²) in [6.07, 6.45) is 1.88. The van der Waals surface area contributed by atoms with E-state index in [-0.39, 0.29) is 11.2 Å². The first-order valence-corrected chi connectivity index (χ1v) is 8.69. The van der Waals surface area contributed by atoms with Gasteiger partial charge in [-0.05, 0) is 49.6 Å². The molecule has 0 aliphatic heterocycles. The average molecular weight is 329 g/mol. The van der Waals surface area contributed by atoms with Crippen molar-refractivity contribution in [1.29, 1.82) is 0 Å². The lowest BCUT2D eigenvalue weighted by Gasteiger charge is -2.12. The number of hydrogen-bond donors (Lipinski definition) is 1. The van der Waals surface area contributed by atoms with E-state index in [2.05, 4.69) is 17.4 Å². The third kappa shape index (κ3) is 5.99. The number of benzene rings is 2. The number of nitrogens with one attached hydrogen (secondary N) is 1. The summed E-state index contributed by atoms with van der Waals surface area (Å²) in [7, 11) is 1.67. The summed E-state index contributed by atoms with van der Waals surface area (Å²) >= 11 is 1.58. The van der Waals surface area contributed by atoms with Crippen LogP contribution in [0.15, 0.2) is 59.5 Å². The van der Waals surface area contributed by atoms with Crippen LogP contribution in [0, 0.1) is 0 Å². The summed E-state index contributed by atoms with van der Waals surface area (Å²) in [6, 6.07) is 18.1. The molecule has 0 fully saturated rings. The van der Waals surface area contributed by atoms with Crippen LogP contribution in [0.25, 0.3) is 0 Å². The molecule has 0 radical (unpaired) electrons. The summed E-state index contributed by atoms with van der Waals surface area (Å²) in [4.78, 5) is 13.2. The molecule has 0 bridgehead atoms. The molecule has 2 rings (SSSR count). The van der Waals surface area contributed by atoms with Crippen molar-refractivity contribution >= 4 is 17.7 Å². The standard InChI is InChI=1S/C19H23NO2S/c1-15(23-18-8-4-3-5-9-18)19(21)20-14-6-7-16-10-12-17(22-2)13-11-16/h3-5,8-13,15H,6-7,14H2,1-2H3,(H,20,21)/t15-/m1/s1. The lowest BCUT2D eigenvalue weighted by atomic mass is 10.1. The first-order valence-electron chi connectivity index (χ1n) is 7.81. The van der Waals surface area contributed by atoms with E-state index in [1.165, 1.54) is 5.56 Å². The molecule has 0 saturated carbocycles. The largest absolute Gasteiger partial charge is 0.497 e. The van der Waals surface area contributed by atoms with Gasteiger partial charge in [-0.3, -0.25) is 4.79 Å². The van der Waals surface area contributed by atoms with Gasteiger partial charge in [0, 0.05) is 11.4 Å². The van der Waals surface area contributed by atoms with Crippen molar-refractivity contribution in [3.8, 4) is 5.75 Å². The van der Waals surface area contributed by atoms with Gasteiger partial charge in [0.15, 0.2) is 0 Å².